The van der Waals surface area contributed by atoms with Gasteiger partial charge in [0, 0.05) is 20.1 Å². The molecule has 0 unspecified atom stereocenters. The highest BCUT2D eigenvalue weighted by atomic mass is 16.5. The standard InChI is InChI=1S/C14H18N2O3.C9H8O3/c1-3-12(17)8-7-11-5-4-6-13(16-11)14(18)15-9-10-19-2;1-7(11)8-4-2-3-5-9(8)12-6-10/h4-8H,3,9-10H2,1-2H3,(H,15,18);2-6,11H,1H2/b8-7+;. The quantitative estimate of drug-likeness (QED) is 0.259. The second-order valence-electron chi connectivity index (χ2n) is 6.01. The molecule has 8 nitrogen and oxygen atoms in total. The summed E-state index contributed by atoms with van der Waals surface area (Å²) in [6.45, 7) is 6.32. The van der Waals surface area contributed by atoms with E-state index >= 15 is 0 Å². The molecule has 0 saturated heterocycles. The Hall–Kier alpha value is -3.78. The van der Waals surface area contributed by atoms with Gasteiger partial charge in [-0.25, -0.2) is 4.98 Å². The first-order chi connectivity index (χ1) is 14.9. The minimum absolute atomic E-state index is 0.0248. The minimum Gasteiger partial charge on any atom is -0.508 e. The first-order valence-corrected chi connectivity index (χ1v) is 9.45. The molecule has 0 fully saturated rings. The number of methoxy groups -OCH3 is 1. The third-order valence-electron chi connectivity index (χ3n) is 3.76. The van der Waals surface area contributed by atoms with E-state index in [2.05, 4.69) is 21.6 Å². The van der Waals surface area contributed by atoms with Gasteiger partial charge in [0.1, 0.15) is 17.2 Å². The van der Waals surface area contributed by atoms with Gasteiger partial charge in [0.15, 0.2) is 5.78 Å². The van der Waals surface area contributed by atoms with Crippen LogP contribution in [0.4, 0.5) is 0 Å². The van der Waals surface area contributed by atoms with E-state index in [4.69, 9.17) is 9.84 Å². The molecule has 0 aliphatic rings. The third-order valence-corrected chi connectivity index (χ3v) is 3.76. The highest BCUT2D eigenvalue weighted by Crippen LogP contribution is 2.22. The van der Waals surface area contributed by atoms with Gasteiger partial charge in [-0.1, -0.05) is 31.7 Å². The molecule has 1 heterocycles. The van der Waals surface area contributed by atoms with Crippen molar-refractivity contribution in [2.24, 2.45) is 0 Å². The maximum absolute atomic E-state index is 11.7. The van der Waals surface area contributed by atoms with Crippen LogP contribution in [0, 0.1) is 0 Å². The Kier molecular flexibility index (Phi) is 11.6. The molecule has 2 aromatic rings. The van der Waals surface area contributed by atoms with Gasteiger partial charge in [0.2, 0.25) is 0 Å². The average Bonchev–Trinajstić information content (AvgIpc) is 2.78. The molecule has 1 amide bonds. The van der Waals surface area contributed by atoms with Gasteiger partial charge in [-0.3, -0.25) is 14.4 Å². The summed E-state index contributed by atoms with van der Waals surface area (Å²) in [4.78, 5) is 37.1. The summed E-state index contributed by atoms with van der Waals surface area (Å²) in [7, 11) is 1.57. The lowest BCUT2D eigenvalue weighted by Gasteiger charge is -2.04. The number of aromatic nitrogens is 1. The second-order valence-corrected chi connectivity index (χ2v) is 6.01. The SMILES string of the molecule is C=C(O)c1ccccc1OC=O.CCC(=O)/C=C/c1cccc(C(=O)NCCOC)n1. The van der Waals surface area contributed by atoms with Crippen LogP contribution in [0.15, 0.2) is 55.1 Å². The number of nitrogens with zero attached hydrogens (tertiary/aromatic N) is 1. The van der Waals surface area contributed by atoms with E-state index in [0.717, 1.165) is 0 Å². The first-order valence-electron chi connectivity index (χ1n) is 9.45. The number of rotatable bonds is 10. The molecule has 2 N–H and O–H groups in total. The van der Waals surface area contributed by atoms with Crippen molar-refractivity contribution in [1.82, 2.24) is 10.3 Å². The summed E-state index contributed by atoms with van der Waals surface area (Å²) in [6, 6.07) is 11.7. The number of pyridine rings is 1. The highest BCUT2D eigenvalue weighted by Gasteiger charge is 2.06. The molecular formula is C23H26N2O6. The maximum Gasteiger partial charge on any atom is 0.298 e. The molecule has 0 saturated carbocycles. The normalized spacial score (nSPS) is 10.0. The minimum atomic E-state index is -0.255. The summed E-state index contributed by atoms with van der Waals surface area (Å²) >= 11 is 0. The van der Waals surface area contributed by atoms with Gasteiger partial charge in [-0.15, -0.1) is 0 Å². The molecule has 0 atom stereocenters. The number of amides is 1. The monoisotopic (exact) mass is 426 g/mol. The summed E-state index contributed by atoms with van der Waals surface area (Å²) < 4.78 is 9.44. The fourth-order valence-corrected chi connectivity index (χ4v) is 2.18. The van der Waals surface area contributed by atoms with E-state index in [9.17, 15) is 14.4 Å². The van der Waals surface area contributed by atoms with Crippen molar-refractivity contribution < 1.29 is 29.0 Å². The topological polar surface area (TPSA) is 115 Å². The van der Waals surface area contributed by atoms with Crippen molar-refractivity contribution >= 4 is 30.0 Å². The number of aliphatic hydroxyl groups is 1. The van der Waals surface area contributed by atoms with Crippen LogP contribution in [0.5, 0.6) is 5.75 Å². The molecule has 0 spiro atoms. The van der Waals surface area contributed by atoms with Crippen molar-refractivity contribution in [2.75, 3.05) is 20.3 Å². The number of carbonyl (C=O) groups is 3. The predicted molar refractivity (Wildman–Crippen MR) is 118 cm³/mol. The Bertz CT molecular complexity index is 924. The van der Waals surface area contributed by atoms with E-state index in [-0.39, 0.29) is 17.4 Å². The molecule has 0 aliphatic heterocycles. The van der Waals surface area contributed by atoms with Gasteiger partial charge in [-0.2, -0.15) is 0 Å². The Labute approximate surface area is 181 Å². The summed E-state index contributed by atoms with van der Waals surface area (Å²) in [5.74, 6) is -0.0432. The maximum atomic E-state index is 11.7. The number of benzene rings is 1. The van der Waals surface area contributed by atoms with E-state index in [1.54, 1.807) is 62.6 Å². The molecule has 164 valence electrons. The molecule has 0 radical (unpaired) electrons. The van der Waals surface area contributed by atoms with Crippen LogP contribution in [0.2, 0.25) is 0 Å². The van der Waals surface area contributed by atoms with Crippen LogP contribution in [-0.4, -0.2) is 48.5 Å². The van der Waals surface area contributed by atoms with E-state index in [1.807, 2.05) is 0 Å². The Morgan fingerprint density at radius 1 is 1.19 bits per heavy atom. The van der Waals surface area contributed by atoms with Crippen molar-refractivity contribution in [3.05, 3.63) is 72.1 Å². The molecule has 1 aromatic heterocycles. The molecule has 31 heavy (non-hydrogen) atoms. The van der Waals surface area contributed by atoms with Crippen molar-refractivity contribution in [2.45, 2.75) is 13.3 Å². The van der Waals surface area contributed by atoms with Gasteiger partial charge >= 0.3 is 0 Å². The van der Waals surface area contributed by atoms with Crippen LogP contribution in [0.25, 0.3) is 11.8 Å². The zero-order valence-electron chi connectivity index (χ0n) is 17.5. The smallest absolute Gasteiger partial charge is 0.298 e. The Morgan fingerprint density at radius 3 is 2.58 bits per heavy atom. The van der Waals surface area contributed by atoms with Gasteiger partial charge in [0.05, 0.1) is 17.9 Å². The van der Waals surface area contributed by atoms with Crippen LogP contribution < -0.4 is 10.1 Å². The summed E-state index contributed by atoms with van der Waals surface area (Å²) in [5, 5.41) is 11.7. The highest BCUT2D eigenvalue weighted by molar-refractivity contribution is 5.94. The number of para-hydroxylation sites is 1. The Morgan fingerprint density at radius 2 is 1.94 bits per heavy atom. The van der Waals surface area contributed by atoms with Crippen molar-refractivity contribution in [1.29, 1.82) is 0 Å². The van der Waals surface area contributed by atoms with Crippen LogP contribution in [0.1, 0.15) is 35.1 Å². The average molecular weight is 426 g/mol. The summed E-state index contributed by atoms with van der Waals surface area (Å²) in [5.41, 5.74) is 1.33. The number of ether oxygens (including phenoxy) is 2. The largest absolute Gasteiger partial charge is 0.508 e. The number of hydrogen-bond donors (Lipinski definition) is 2. The molecular weight excluding hydrogens is 400 g/mol. The van der Waals surface area contributed by atoms with Crippen LogP contribution >= 0.6 is 0 Å². The van der Waals surface area contributed by atoms with Crippen LogP contribution in [0.3, 0.4) is 0 Å². The van der Waals surface area contributed by atoms with Crippen LogP contribution in [-0.2, 0) is 14.3 Å². The zero-order chi connectivity index (χ0) is 23.1. The van der Waals surface area contributed by atoms with Gasteiger partial charge in [0.25, 0.3) is 12.4 Å². The fourth-order valence-electron chi connectivity index (χ4n) is 2.18. The molecule has 0 bridgehead atoms. The fraction of sp³-hybridized carbons (Fsp3) is 0.217. The second kappa shape index (κ2) is 14.2. The van der Waals surface area contributed by atoms with Gasteiger partial charge in [-0.05, 0) is 36.4 Å². The van der Waals surface area contributed by atoms with Crippen molar-refractivity contribution in [3.63, 3.8) is 0 Å². The molecule has 2 rings (SSSR count). The lowest BCUT2D eigenvalue weighted by Crippen LogP contribution is -2.27. The summed E-state index contributed by atoms with van der Waals surface area (Å²) in [6.07, 6.45) is 3.53. The Balaban J connectivity index is 0.000000343. The number of aliphatic hydroxyl groups excluding tert-OH is 1. The molecule has 8 heteroatoms. The van der Waals surface area contributed by atoms with E-state index in [1.165, 1.54) is 6.08 Å². The van der Waals surface area contributed by atoms with E-state index < -0.39 is 0 Å². The van der Waals surface area contributed by atoms with Gasteiger partial charge < -0.3 is 19.9 Å². The van der Waals surface area contributed by atoms with E-state index in [0.29, 0.717) is 48.7 Å². The lowest BCUT2D eigenvalue weighted by atomic mass is 10.2. The number of ketones is 1. The number of hydrogen-bond acceptors (Lipinski definition) is 7. The number of nitrogens with one attached hydrogen (secondary N) is 1. The zero-order valence-corrected chi connectivity index (χ0v) is 17.5. The third kappa shape index (κ3) is 9.51. The predicted octanol–water partition coefficient (Wildman–Crippen LogP) is 3.20. The number of allylic oxidation sites excluding steroid dienone is 1. The first kappa shape index (κ1) is 25.3. The molecule has 1 aromatic carbocycles. The molecule has 0 aliphatic carbocycles. The van der Waals surface area contributed by atoms with Crippen molar-refractivity contribution in [3.8, 4) is 5.75 Å². The number of carbonyl (C=O) groups excluding carboxylic acids is 3. The lowest BCUT2D eigenvalue weighted by molar-refractivity contribution is -0.120.